The number of aromatic nitrogens is 1. The molecule has 1 aromatic carbocycles. The van der Waals surface area contributed by atoms with Crippen LogP contribution in [0.4, 0.5) is 0 Å². The fraction of sp³-hybridized carbons (Fsp3) is 0.353. The van der Waals surface area contributed by atoms with Gasteiger partial charge in [0.15, 0.2) is 5.75 Å². The Balaban J connectivity index is 1.88. The van der Waals surface area contributed by atoms with E-state index < -0.39 is 0 Å². The van der Waals surface area contributed by atoms with Crippen LogP contribution in [0.5, 0.6) is 5.75 Å². The van der Waals surface area contributed by atoms with Crippen LogP contribution in [0.15, 0.2) is 41.3 Å². The average Bonchev–Trinajstić information content (AvgIpc) is 2.99. The van der Waals surface area contributed by atoms with E-state index in [1.807, 2.05) is 28.8 Å². The maximum atomic E-state index is 11.8. The summed E-state index contributed by atoms with van der Waals surface area (Å²) < 4.78 is 1.94. The molecule has 22 heavy (non-hydrogen) atoms. The molecule has 0 spiro atoms. The van der Waals surface area contributed by atoms with Gasteiger partial charge >= 0.3 is 0 Å². The van der Waals surface area contributed by atoms with E-state index in [2.05, 4.69) is 4.90 Å². The lowest BCUT2D eigenvalue weighted by molar-refractivity contribution is 0.320. The molecule has 0 radical (unpaired) electrons. The molecular weight excluding hydrogens is 300 g/mol. The van der Waals surface area contributed by atoms with Crippen LogP contribution in [0.2, 0.25) is 5.02 Å². The van der Waals surface area contributed by atoms with Crippen molar-refractivity contribution in [2.75, 3.05) is 13.1 Å². The molecule has 2 heterocycles. The van der Waals surface area contributed by atoms with Gasteiger partial charge in [-0.25, -0.2) is 0 Å². The summed E-state index contributed by atoms with van der Waals surface area (Å²) >= 11 is 5.91. The first-order valence-corrected chi connectivity index (χ1v) is 7.89. The van der Waals surface area contributed by atoms with Crippen LogP contribution < -0.4 is 5.43 Å². The lowest BCUT2D eigenvalue weighted by atomic mass is 10.2. The minimum Gasteiger partial charge on any atom is -0.503 e. The minimum absolute atomic E-state index is 0.209. The van der Waals surface area contributed by atoms with Crippen LogP contribution in [0.25, 0.3) is 0 Å². The van der Waals surface area contributed by atoms with Gasteiger partial charge in [0.05, 0.1) is 6.20 Å². The summed E-state index contributed by atoms with van der Waals surface area (Å²) in [5.41, 5.74) is 1.69. The zero-order valence-corrected chi connectivity index (χ0v) is 13.1. The quantitative estimate of drug-likeness (QED) is 0.943. The molecule has 1 N–H and O–H groups in total. The molecule has 116 valence electrons. The largest absolute Gasteiger partial charge is 0.503 e. The predicted octanol–water partition coefficient (Wildman–Crippen LogP) is 2.85. The van der Waals surface area contributed by atoms with Gasteiger partial charge in [-0.1, -0.05) is 23.7 Å². The molecule has 1 aromatic heterocycles. The second kappa shape index (κ2) is 6.55. The van der Waals surface area contributed by atoms with Gasteiger partial charge < -0.3 is 9.67 Å². The minimum atomic E-state index is -0.318. The monoisotopic (exact) mass is 318 g/mol. The van der Waals surface area contributed by atoms with Crippen LogP contribution in [0.3, 0.4) is 0 Å². The third kappa shape index (κ3) is 3.51. The van der Waals surface area contributed by atoms with Crippen LogP contribution in [0, 0.1) is 0 Å². The van der Waals surface area contributed by atoms with E-state index in [4.69, 9.17) is 11.6 Å². The summed E-state index contributed by atoms with van der Waals surface area (Å²) in [7, 11) is 0. The average molecular weight is 319 g/mol. The van der Waals surface area contributed by atoms with Crippen LogP contribution >= 0.6 is 11.6 Å². The van der Waals surface area contributed by atoms with E-state index in [9.17, 15) is 9.90 Å². The van der Waals surface area contributed by atoms with Gasteiger partial charge in [-0.05, 0) is 43.6 Å². The van der Waals surface area contributed by atoms with Crippen LogP contribution in [-0.2, 0) is 13.1 Å². The summed E-state index contributed by atoms with van der Waals surface area (Å²) in [5, 5.41) is 10.4. The van der Waals surface area contributed by atoms with Gasteiger partial charge in [0.25, 0.3) is 0 Å². The third-order valence-corrected chi connectivity index (χ3v) is 4.30. The Morgan fingerprint density at radius 3 is 2.45 bits per heavy atom. The van der Waals surface area contributed by atoms with E-state index in [-0.39, 0.29) is 11.2 Å². The van der Waals surface area contributed by atoms with Crippen LogP contribution in [0.1, 0.15) is 24.1 Å². The molecular formula is C17H19ClN2O2. The van der Waals surface area contributed by atoms with E-state index >= 15 is 0 Å². The van der Waals surface area contributed by atoms with Gasteiger partial charge in [-0.2, -0.15) is 0 Å². The lowest BCUT2D eigenvalue weighted by Gasteiger charge is -2.19. The zero-order chi connectivity index (χ0) is 15.5. The summed E-state index contributed by atoms with van der Waals surface area (Å²) in [4.78, 5) is 14.1. The van der Waals surface area contributed by atoms with Gasteiger partial charge in [0.2, 0.25) is 5.43 Å². The molecule has 0 unspecified atom stereocenters. The van der Waals surface area contributed by atoms with Crippen molar-refractivity contribution in [1.29, 1.82) is 0 Å². The highest BCUT2D eigenvalue weighted by molar-refractivity contribution is 6.30. The highest BCUT2D eigenvalue weighted by Gasteiger charge is 2.15. The fourth-order valence-corrected chi connectivity index (χ4v) is 2.97. The Kier molecular flexibility index (Phi) is 4.50. The second-order valence-corrected chi connectivity index (χ2v) is 6.19. The molecule has 3 rings (SSSR count). The van der Waals surface area contributed by atoms with Crippen molar-refractivity contribution in [2.24, 2.45) is 0 Å². The molecule has 5 heteroatoms. The molecule has 2 aromatic rings. The van der Waals surface area contributed by atoms with Gasteiger partial charge in [0.1, 0.15) is 0 Å². The Morgan fingerprint density at radius 2 is 1.77 bits per heavy atom. The van der Waals surface area contributed by atoms with Crippen molar-refractivity contribution in [2.45, 2.75) is 25.9 Å². The maximum absolute atomic E-state index is 11.8. The van der Waals surface area contributed by atoms with Crippen molar-refractivity contribution in [1.82, 2.24) is 9.47 Å². The number of pyridine rings is 1. The van der Waals surface area contributed by atoms with E-state index in [0.717, 1.165) is 30.9 Å². The highest BCUT2D eigenvalue weighted by atomic mass is 35.5. The summed E-state index contributed by atoms with van der Waals surface area (Å²) in [6.07, 6.45) is 3.95. The number of nitrogens with zero attached hydrogens (tertiary/aromatic N) is 2. The number of likely N-dealkylation sites (tertiary alicyclic amines) is 1. The topological polar surface area (TPSA) is 45.5 Å². The number of hydrogen-bond donors (Lipinski definition) is 1. The fourth-order valence-electron chi connectivity index (χ4n) is 2.84. The Morgan fingerprint density at radius 1 is 1.09 bits per heavy atom. The molecule has 0 aliphatic carbocycles. The molecule has 1 aliphatic heterocycles. The highest BCUT2D eigenvalue weighted by Crippen LogP contribution is 2.16. The molecule has 0 atom stereocenters. The maximum Gasteiger partial charge on any atom is 0.223 e. The normalized spacial score (nSPS) is 15.3. The summed E-state index contributed by atoms with van der Waals surface area (Å²) in [5.74, 6) is -0.209. The smallest absolute Gasteiger partial charge is 0.223 e. The Bertz CT molecular complexity index is 704. The summed E-state index contributed by atoms with van der Waals surface area (Å²) in [6.45, 7) is 3.48. The van der Waals surface area contributed by atoms with E-state index in [1.165, 1.54) is 19.0 Å². The summed E-state index contributed by atoms with van der Waals surface area (Å²) in [6, 6.07) is 9.15. The predicted molar refractivity (Wildman–Crippen MR) is 87.4 cm³/mol. The van der Waals surface area contributed by atoms with Crippen molar-refractivity contribution < 1.29 is 5.11 Å². The number of aromatic hydroxyl groups is 1. The third-order valence-electron chi connectivity index (χ3n) is 4.05. The molecule has 0 amide bonds. The SMILES string of the molecule is O=c1cc(CN2CCCC2)n(Cc2ccc(Cl)cc2)cc1O. The van der Waals surface area contributed by atoms with Crippen molar-refractivity contribution in [3.8, 4) is 5.75 Å². The number of rotatable bonds is 4. The number of hydrogen-bond acceptors (Lipinski definition) is 3. The van der Waals surface area contributed by atoms with Gasteiger partial charge in [-0.3, -0.25) is 9.69 Å². The Hall–Kier alpha value is -1.78. The lowest BCUT2D eigenvalue weighted by Crippen LogP contribution is -2.23. The Labute approximate surface area is 134 Å². The van der Waals surface area contributed by atoms with Gasteiger partial charge in [-0.15, -0.1) is 0 Å². The molecule has 1 fully saturated rings. The molecule has 1 saturated heterocycles. The van der Waals surface area contributed by atoms with Crippen molar-refractivity contribution in [3.05, 3.63) is 63.0 Å². The standard InChI is InChI=1S/C17H19ClN2O2/c18-14-5-3-13(4-6-14)10-20-12-17(22)16(21)9-15(20)11-19-7-1-2-8-19/h3-6,9,12,22H,1-2,7-8,10-11H2. The molecule has 0 saturated carbocycles. The molecule has 1 aliphatic rings. The zero-order valence-electron chi connectivity index (χ0n) is 12.3. The first-order valence-electron chi connectivity index (χ1n) is 7.51. The molecule has 0 bridgehead atoms. The first-order chi connectivity index (χ1) is 10.6. The van der Waals surface area contributed by atoms with Crippen molar-refractivity contribution >= 4 is 11.6 Å². The van der Waals surface area contributed by atoms with Crippen molar-refractivity contribution in [3.63, 3.8) is 0 Å². The van der Waals surface area contributed by atoms with E-state index in [1.54, 1.807) is 6.07 Å². The van der Waals surface area contributed by atoms with E-state index in [0.29, 0.717) is 11.6 Å². The van der Waals surface area contributed by atoms with Crippen LogP contribution in [-0.4, -0.2) is 27.7 Å². The number of halogens is 1. The molecule has 4 nitrogen and oxygen atoms in total. The number of benzene rings is 1. The second-order valence-electron chi connectivity index (χ2n) is 5.75. The first kappa shape index (κ1) is 15.1. The van der Waals surface area contributed by atoms with Gasteiger partial charge in [0, 0.05) is 29.9 Å².